The molecule has 0 atom stereocenters. The molecule has 0 saturated carbocycles. The lowest BCUT2D eigenvalue weighted by atomic mass is 10.2. The van der Waals surface area contributed by atoms with Crippen molar-refractivity contribution in [2.24, 2.45) is 0 Å². The highest BCUT2D eigenvalue weighted by Crippen LogP contribution is 2.36. The van der Waals surface area contributed by atoms with E-state index in [1.807, 2.05) is 30.5 Å². The zero-order valence-electron chi connectivity index (χ0n) is 17.5. The topological polar surface area (TPSA) is 67.3 Å². The number of amides is 1. The maximum absolute atomic E-state index is 11.8. The quantitative estimate of drug-likeness (QED) is 0.556. The lowest BCUT2D eigenvalue weighted by Crippen LogP contribution is -2.20. The molecule has 0 unspecified atom stereocenters. The van der Waals surface area contributed by atoms with Crippen LogP contribution < -0.4 is 10.1 Å². The first-order chi connectivity index (χ1) is 14.5. The predicted octanol–water partition coefficient (Wildman–Crippen LogP) is 5.00. The number of nitrogens with zero attached hydrogens (tertiary/aromatic N) is 3. The lowest BCUT2D eigenvalue weighted by molar-refractivity contribution is -0.113. The molecule has 6 nitrogen and oxygen atoms in total. The van der Waals surface area contributed by atoms with Gasteiger partial charge >= 0.3 is 0 Å². The van der Waals surface area contributed by atoms with Gasteiger partial charge in [0.05, 0.1) is 17.7 Å². The second kappa shape index (κ2) is 9.32. The predicted molar refractivity (Wildman–Crippen MR) is 125 cm³/mol. The molecule has 1 aromatic carbocycles. The Hall–Kier alpha value is -2.16. The fourth-order valence-corrected chi connectivity index (χ4v) is 4.96. The van der Waals surface area contributed by atoms with Gasteiger partial charge in [-0.1, -0.05) is 0 Å². The molecule has 8 heteroatoms. The van der Waals surface area contributed by atoms with Crippen molar-refractivity contribution in [1.82, 2.24) is 14.9 Å². The molecule has 1 N–H and O–H groups in total. The minimum Gasteiger partial charge on any atom is -0.438 e. The van der Waals surface area contributed by atoms with E-state index in [1.165, 1.54) is 35.0 Å². The van der Waals surface area contributed by atoms with E-state index in [9.17, 15) is 4.79 Å². The molecular formula is C22H26N4O2S2. The van der Waals surface area contributed by atoms with E-state index < -0.39 is 0 Å². The van der Waals surface area contributed by atoms with E-state index in [-0.39, 0.29) is 5.91 Å². The average molecular weight is 443 g/mol. The van der Waals surface area contributed by atoms with Crippen LogP contribution >= 0.6 is 23.1 Å². The number of aromatic nitrogens is 2. The second-order valence-corrected chi connectivity index (χ2v) is 9.57. The van der Waals surface area contributed by atoms with Crippen molar-refractivity contribution >= 4 is 44.9 Å². The van der Waals surface area contributed by atoms with E-state index in [2.05, 4.69) is 24.1 Å². The zero-order valence-corrected chi connectivity index (χ0v) is 19.2. The first-order valence-corrected chi connectivity index (χ1v) is 12.3. The minimum absolute atomic E-state index is 0.00963. The summed E-state index contributed by atoms with van der Waals surface area (Å²) in [6.07, 6.45) is 4.39. The number of nitrogens with one attached hydrogen (secondary N) is 1. The SMILES string of the molecule is CSCC(=O)Nc1ccc(Oc2nc(CN3CCCC3)nc3sc(C)c(C)c23)cc1. The van der Waals surface area contributed by atoms with Crippen LogP contribution in [-0.2, 0) is 11.3 Å². The first-order valence-electron chi connectivity index (χ1n) is 10.1. The van der Waals surface area contributed by atoms with Gasteiger partial charge in [0.15, 0.2) is 0 Å². The molecule has 1 fully saturated rings. The molecule has 0 spiro atoms. The van der Waals surface area contributed by atoms with E-state index >= 15 is 0 Å². The summed E-state index contributed by atoms with van der Waals surface area (Å²) in [5, 5.41) is 3.87. The summed E-state index contributed by atoms with van der Waals surface area (Å²) >= 11 is 3.19. The number of carbonyl (C=O) groups excluding carboxylic acids is 1. The monoisotopic (exact) mass is 442 g/mol. The molecule has 2 aromatic heterocycles. The van der Waals surface area contributed by atoms with Crippen LogP contribution in [0.15, 0.2) is 24.3 Å². The van der Waals surface area contributed by atoms with Gasteiger partial charge in [-0.25, -0.2) is 4.98 Å². The van der Waals surface area contributed by atoms with Gasteiger partial charge in [-0.15, -0.1) is 11.3 Å². The number of hydrogen-bond acceptors (Lipinski definition) is 7. The maximum Gasteiger partial charge on any atom is 0.234 e. The van der Waals surface area contributed by atoms with Crippen LogP contribution in [0.4, 0.5) is 5.69 Å². The first kappa shape index (κ1) is 21.1. The summed E-state index contributed by atoms with van der Waals surface area (Å²) in [7, 11) is 0. The van der Waals surface area contributed by atoms with Crippen LogP contribution in [-0.4, -0.2) is 45.9 Å². The molecule has 0 radical (unpaired) electrons. The van der Waals surface area contributed by atoms with Gasteiger partial charge < -0.3 is 10.1 Å². The van der Waals surface area contributed by atoms with E-state index in [4.69, 9.17) is 14.7 Å². The molecule has 158 valence electrons. The van der Waals surface area contributed by atoms with E-state index in [0.717, 1.165) is 41.4 Å². The lowest BCUT2D eigenvalue weighted by Gasteiger charge is -2.14. The number of likely N-dealkylation sites (tertiary alicyclic amines) is 1. The number of fused-ring (bicyclic) bond motifs is 1. The van der Waals surface area contributed by atoms with Crippen LogP contribution in [0, 0.1) is 13.8 Å². The highest BCUT2D eigenvalue weighted by molar-refractivity contribution is 7.99. The van der Waals surface area contributed by atoms with E-state index in [1.54, 1.807) is 11.3 Å². The number of benzene rings is 1. The van der Waals surface area contributed by atoms with Crippen LogP contribution in [0.3, 0.4) is 0 Å². The van der Waals surface area contributed by atoms with Gasteiger partial charge in [0.2, 0.25) is 11.8 Å². The van der Waals surface area contributed by atoms with Crippen molar-refractivity contribution in [2.45, 2.75) is 33.2 Å². The van der Waals surface area contributed by atoms with Gasteiger partial charge in [-0.3, -0.25) is 9.69 Å². The standard InChI is InChI=1S/C22H26N4O2S2/c1-14-15(2)30-22-20(14)21(24-18(25-22)12-26-10-4-5-11-26)28-17-8-6-16(7-9-17)23-19(27)13-29-3/h6-9H,4-5,10-13H2,1-3H3,(H,23,27). The Labute approximate surface area is 185 Å². The molecule has 3 heterocycles. The number of aryl methyl sites for hydroxylation is 2. The van der Waals surface area contributed by atoms with E-state index in [0.29, 0.717) is 17.4 Å². The van der Waals surface area contributed by atoms with Crippen LogP contribution in [0.1, 0.15) is 29.1 Å². The Morgan fingerprint density at radius 1 is 1.20 bits per heavy atom. The molecule has 0 aliphatic carbocycles. The molecule has 30 heavy (non-hydrogen) atoms. The third kappa shape index (κ3) is 4.77. The Kier molecular flexibility index (Phi) is 6.55. The molecule has 1 saturated heterocycles. The van der Waals surface area contributed by atoms with Gasteiger partial charge in [-0.2, -0.15) is 16.7 Å². The smallest absolute Gasteiger partial charge is 0.234 e. The Morgan fingerprint density at radius 3 is 2.63 bits per heavy atom. The molecule has 0 bridgehead atoms. The molecule has 3 aromatic rings. The van der Waals surface area contributed by atoms with Crippen molar-refractivity contribution in [2.75, 3.05) is 30.4 Å². The van der Waals surface area contributed by atoms with Gasteiger partial charge in [-0.05, 0) is 75.9 Å². The molecule has 1 amide bonds. The number of thiophene rings is 1. The normalized spacial score (nSPS) is 14.4. The number of thioether (sulfide) groups is 1. The average Bonchev–Trinajstić information content (AvgIpc) is 3.32. The Bertz CT molecular complexity index is 1040. The summed E-state index contributed by atoms with van der Waals surface area (Å²) in [6, 6.07) is 7.42. The second-order valence-electron chi connectivity index (χ2n) is 7.50. The van der Waals surface area contributed by atoms with Gasteiger partial charge in [0, 0.05) is 10.6 Å². The summed E-state index contributed by atoms with van der Waals surface area (Å²) in [6.45, 7) is 7.16. The number of carbonyl (C=O) groups is 1. The fourth-order valence-electron chi connectivity index (χ4n) is 3.59. The Balaban J connectivity index is 1.59. The van der Waals surface area contributed by atoms with Crippen LogP contribution in [0.5, 0.6) is 11.6 Å². The highest BCUT2D eigenvalue weighted by Gasteiger charge is 2.19. The number of rotatable bonds is 7. The van der Waals surface area contributed by atoms with Gasteiger partial charge in [0.25, 0.3) is 0 Å². The fraction of sp³-hybridized carbons (Fsp3) is 0.409. The molecule has 1 aliphatic heterocycles. The number of anilines is 1. The molecule has 1 aliphatic rings. The Morgan fingerprint density at radius 2 is 1.93 bits per heavy atom. The zero-order chi connectivity index (χ0) is 21.1. The summed E-state index contributed by atoms with van der Waals surface area (Å²) in [5.74, 6) is 2.53. The summed E-state index contributed by atoms with van der Waals surface area (Å²) in [5.41, 5.74) is 1.92. The summed E-state index contributed by atoms with van der Waals surface area (Å²) < 4.78 is 6.22. The van der Waals surface area contributed by atoms with Crippen molar-refractivity contribution in [3.05, 3.63) is 40.5 Å². The highest BCUT2D eigenvalue weighted by atomic mass is 32.2. The number of ether oxygens (including phenoxy) is 1. The van der Waals surface area contributed by atoms with Crippen molar-refractivity contribution < 1.29 is 9.53 Å². The molecular weight excluding hydrogens is 416 g/mol. The third-order valence-electron chi connectivity index (χ3n) is 5.23. The van der Waals surface area contributed by atoms with Crippen molar-refractivity contribution in [3.8, 4) is 11.6 Å². The largest absolute Gasteiger partial charge is 0.438 e. The van der Waals surface area contributed by atoms with Crippen LogP contribution in [0.2, 0.25) is 0 Å². The number of hydrogen-bond donors (Lipinski definition) is 1. The maximum atomic E-state index is 11.8. The van der Waals surface area contributed by atoms with Crippen molar-refractivity contribution in [3.63, 3.8) is 0 Å². The minimum atomic E-state index is -0.00963. The third-order valence-corrected chi connectivity index (χ3v) is 6.89. The van der Waals surface area contributed by atoms with Gasteiger partial charge in [0.1, 0.15) is 16.4 Å². The van der Waals surface area contributed by atoms with Crippen molar-refractivity contribution in [1.29, 1.82) is 0 Å². The molecule has 4 rings (SSSR count). The van der Waals surface area contributed by atoms with Crippen LogP contribution in [0.25, 0.3) is 10.2 Å². The summed E-state index contributed by atoms with van der Waals surface area (Å²) in [4.78, 5) is 26.0.